The molecule has 0 fully saturated rings. The van der Waals surface area contributed by atoms with Crippen LogP contribution in [-0.2, 0) is 11.3 Å². The van der Waals surface area contributed by atoms with Crippen LogP contribution in [0, 0.1) is 25.1 Å². The number of benzene rings is 1. The van der Waals surface area contributed by atoms with Gasteiger partial charge in [-0.25, -0.2) is 9.37 Å². The number of aryl methyl sites for hydroxylation is 1. The fraction of sp³-hybridized carbons (Fsp3) is 0.222. The molecule has 1 amide bonds. The number of terminal acetylenes is 1. The van der Waals surface area contributed by atoms with Gasteiger partial charge in [0.05, 0.1) is 23.6 Å². The van der Waals surface area contributed by atoms with Crippen LogP contribution in [0.2, 0.25) is 0 Å². The first-order chi connectivity index (χ1) is 12.0. The quantitative estimate of drug-likeness (QED) is 0.787. The fourth-order valence-electron chi connectivity index (χ4n) is 2.16. The first-order valence-corrected chi connectivity index (χ1v) is 7.39. The Kier molecular flexibility index (Phi) is 5.93. The van der Waals surface area contributed by atoms with Crippen LogP contribution in [-0.4, -0.2) is 24.6 Å². The molecule has 7 heteroatoms. The summed E-state index contributed by atoms with van der Waals surface area (Å²) in [5, 5.41) is 2.47. The predicted octanol–water partition coefficient (Wildman–Crippen LogP) is 2.52. The molecule has 3 N–H and O–H groups in total. The summed E-state index contributed by atoms with van der Waals surface area (Å²) in [5.41, 5.74) is 7.32. The van der Waals surface area contributed by atoms with E-state index < -0.39 is 11.7 Å². The van der Waals surface area contributed by atoms with Crippen LogP contribution in [0.5, 0.6) is 5.75 Å². The lowest BCUT2D eigenvalue weighted by atomic mass is 10.1. The minimum atomic E-state index is -0.717. The number of methoxy groups -OCH3 is 1. The number of nitrogens with two attached hydrogens (primary N) is 1. The van der Waals surface area contributed by atoms with Gasteiger partial charge in [0.25, 0.3) is 5.91 Å². The van der Waals surface area contributed by atoms with E-state index >= 15 is 0 Å². The Hall–Kier alpha value is -3.11. The Morgan fingerprint density at radius 3 is 2.92 bits per heavy atom. The van der Waals surface area contributed by atoms with Crippen LogP contribution in [0.25, 0.3) is 0 Å². The van der Waals surface area contributed by atoms with E-state index in [0.717, 1.165) is 5.56 Å². The highest BCUT2D eigenvalue weighted by Gasteiger charge is 2.17. The Labute approximate surface area is 145 Å². The van der Waals surface area contributed by atoms with Gasteiger partial charge in [0.1, 0.15) is 12.4 Å². The highest BCUT2D eigenvalue weighted by molar-refractivity contribution is 6.07. The summed E-state index contributed by atoms with van der Waals surface area (Å²) in [6.07, 6.45) is 5.09. The number of amides is 1. The molecule has 0 saturated heterocycles. The number of carbonyl (C=O) groups excluding carboxylic acids is 1. The number of ether oxygens (including phenoxy) is 2. The normalized spacial score (nSPS) is 10.2. The van der Waals surface area contributed by atoms with Gasteiger partial charge in [-0.3, -0.25) is 4.79 Å². The zero-order chi connectivity index (χ0) is 18.4. The summed E-state index contributed by atoms with van der Waals surface area (Å²) in [6, 6.07) is 5.95. The summed E-state index contributed by atoms with van der Waals surface area (Å²) in [7, 11) is 1.54. The van der Waals surface area contributed by atoms with Crippen molar-refractivity contribution in [2.24, 2.45) is 0 Å². The Morgan fingerprint density at radius 1 is 1.48 bits per heavy atom. The predicted molar refractivity (Wildman–Crippen MR) is 92.8 cm³/mol. The van der Waals surface area contributed by atoms with Crippen molar-refractivity contribution in [2.45, 2.75) is 13.5 Å². The van der Waals surface area contributed by atoms with Crippen molar-refractivity contribution >= 4 is 17.4 Å². The van der Waals surface area contributed by atoms with Gasteiger partial charge < -0.3 is 20.5 Å². The van der Waals surface area contributed by atoms with Gasteiger partial charge >= 0.3 is 0 Å². The van der Waals surface area contributed by atoms with E-state index in [1.54, 1.807) is 19.1 Å². The van der Waals surface area contributed by atoms with E-state index in [4.69, 9.17) is 21.6 Å². The minimum absolute atomic E-state index is 0.0373. The molecule has 0 bridgehead atoms. The number of aromatic nitrogens is 1. The van der Waals surface area contributed by atoms with Gasteiger partial charge in [0.15, 0.2) is 11.6 Å². The molecule has 0 radical (unpaired) electrons. The zero-order valence-electron chi connectivity index (χ0n) is 13.9. The molecule has 1 heterocycles. The van der Waals surface area contributed by atoms with Gasteiger partial charge in [0, 0.05) is 7.11 Å². The van der Waals surface area contributed by atoms with Crippen molar-refractivity contribution in [2.75, 3.05) is 24.8 Å². The van der Waals surface area contributed by atoms with E-state index in [-0.39, 0.29) is 36.0 Å². The molecule has 1 aromatic heterocycles. The number of rotatable bonds is 6. The molecule has 0 aliphatic carbocycles. The molecule has 0 atom stereocenters. The molecule has 2 rings (SSSR count). The van der Waals surface area contributed by atoms with Crippen molar-refractivity contribution in [1.82, 2.24) is 4.98 Å². The third-order valence-electron chi connectivity index (χ3n) is 3.40. The van der Waals surface area contributed by atoms with E-state index in [9.17, 15) is 9.18 Å². The van der Waals surface area contributed by atoms with E-state index in [0.29, 0.717) is 5.69 Å². The number of hydrogen-bond acceptors (Lipinski definition) is 5. The number of pyridine rings is 1. The molecule has 6 nitrogen and oxygen atoms in total. The topological polar surface area (TPSA) is 86.5 Å². The molecule has 2 aromatic rings. The second kappa shape index (κ2) is 8.13. The van der Waals surface area contributed by atoms with Crippen LogP contribution in [0.3, 0.4) is 0 Å². The number of carbonyl (C=O) groups is 1. The lowest BCUT2D eigenvalue weighted by Crippen LogP contribution is -2.17. The van der Waals surface area contributed by atoms with Crippen LogP contribution >= 0.6 is 0 Å². The highest BCUT2D eigenvalue weighted by atomic mass is 19.1. The van der Waals surface area contributed by atoms with E-state index in [1.807, 2.05) is 0 Å². The molecule has 0 unspecified atom stereocenters. The van der Waals surface area contributed by atoms with Crippen LogP contribution in [0.1, 0.15) is 21.6 Å². The molecular formula is C18H18FN3O3. The SMILES string of the molecule is C#CCOc1cccc(NC(=O)c2cc(C)c(COC)nc2N)c1F. The number of hydrogen-bond donors (Lipinski definition) is 2. The van der Waals surface area contributed by atoms with E-state index in [2.05, 4.69) is 16.2 Å². The molecule has 130 valence electrons. The van der Waals surface area contributed by atoms with Crippen LogP contribution < -0.4 is 15.8 Å². The van der Waals surface area contributed by atoms with Crippen LogP contribution in [0.15, 0.2) is 24.3 Å². The number of anilines is 2. The van der Waals surface area contributed by atoms with Crippen molar-refractivity contribution in [3.8, 4) is 18.1 Å². The standard InChI is InChI=1S/C18H18FN3O3/c1-4-8-25-15-7-5-6-13(16(15)19)22-18(23)12-9-11(2)14(10-24-3)21-17(12)20/h1,5-7,9H,8,10H2,2-3H3,(H2,20,21)(H,22,23). The summed E-state index contributed by atoms with van der Waals surface area (Å²) >= 11 is 0. The number of halogens is 1. The van der Waals surface area contributed by atoms with Gasteiger partial charge in [-0.15, -0.1) is 6.42 Å². The van der Waals surface area contributed by atoms with E-state index in [1.165, 1.54) is 19.2 Å². The first kappa shape index (κ1) is 18.2. The van der Waals surface area contributed by atoms with Crippen molar-refractivity contribution in [3.63, 3.8) is 0 Å². The Bertz CT molecular complexity index is 831. The Morgan fingerprint density at radius 2 is 2.24 bits per heavy atom. The molecule has 0 saturated carbocycles. The summed E-state index contributed by atoms with van der Waals surface area (Å²) in [6.45, 7) is 1.99. The van der Waals surface area contributed by atoms with Gasteiger partial charge in [-0.2, -0.15) is 0 Å². The number of nitrogens with one attached hydrogen (secondary N) is 1. The van der Waals surface area contributed by atoms with Gasteiger partial charge in [-0.05, 0) is 30.7 Å². The molecular weight excluding hydrogens is 325 g/mol. The second-order valence-electron chi connectivity index (χ2n) is 5.18. The smallest absolute Gasteiger partial charge is 0.259 e. The van der Waals surface area contributed by atoms with Crippen molar-refractivity contribution in [3.05, 3.63) is 46.9 Å². The maximum atomic E-state index is 14.3. The summed E-state index contributed by atoms with van der Waals surface area (Å²) in [4.78, 5) is 16.6. The third kappa shape index (κ3) is 4.25. The number of nitrogen functional groups attached to an aromatic ring is 1. The highest BCUT2D eigenvalue weighted by Crippen LogP contribution is 2.25. The van der Waals surface area contributed by atoms with Crippen molar-refractivity contribution in [1.29, 1.82) is 0 Å². The maximum absolute atomic E-state index is 14.3. The monoisotopic (exact) mass is 343 g/mol. The zero-order valence-corrected chi connectivity index (χ0v) is 13.9. The second-order valence-corrected chi connectivity index (χ2v) is 5.18. The molecule has 0 spiro atoms. The fourth-order valence-corrected chi connectivity index (χ4v) is 2.16. The average molecular weight is 343 g/mol. The summed E-state index contributed by atoms with van der Waals surface area (Å²) in [5.74, 6) is 0.941. The Balaban J connectivity index is 2.26. The average Bonchev–Trinajstić information content (AvgIpc) is 2.58. The summed E-state index contributed by atoms with van der Waals surface area (Å²) < 4.78 is 24.5. The van der Waals surface area contributed by atoms with Crippen LogP contribution in [0.4, 0.5) is 15.9 Å². The lowest BCUT2D eigenvalue weighted by Gasteiger charge is -2.12. The molecule has 0 aliphatic heterocycles. The lowest BCUT2D eigenvalue weighted by molar-refractivity contribution is 0.102. The molecule has 1 aromatic carbocycles. The third-order valence-corrected chi connectivity index (χ3v) is 3.40. The largest absolute Gasteiger partial charge is 0.478 e. The maximum Gasteiger partial charge on any atom is 0.259 e. The minimum Gasteiger partial charge on any atom is -0.478 e. The van der Waals surface area contributed by atoms with Gasteiger partial charge in [0.2, 0.25) is 0 Å². The first-order valence-electron chi connectivity index (χ1n) is 7.39. The molecule has 25 heavy (non-hydrogen) atoms. The number of nitrogens with zero attached hydrogens (tertiary/aromatic N) is 1. The van der Waals surface area contributed by atoms with Crippen molar-refractivity contribution < 1.29 is 18.7 Å². The van der Waals surface area contributed by atoms with Gasteiger partial charge in [-0.1, -0.05) is 12.0 Å². The molecule has 0 aliphatic rings.